The van der Waals surface area contributed by atoms with Gasteiger partial charge in [0.25, 0.3) is 0 Å². The van der Waals surface area contributed by atoms with Gasteiger partial charge in [0.05, 0.1) is 5.70 Å². The van der Waals surface area contributed by atoms with Gasteiger partial charge in [-0.2, -0.15) is 0 Å². The molecule has 4 rings (SSSR count). The second-order valence-electron chi connectivity index (χ2n) is 9.32. The van der Waals surface area contributed by atoms with E-state index in [-0.39, 0.29) is 0 Å². The predicted octanol–water partition coefficient (Wildman–Crippen LogP) is 6.10. The lowest BCUT2D eigenvalue weighted by Crippen LogP contribution is -2.40. The zero-order valence-corrected chi connectivity index (χ0v) is 18.9. The number of aryl methyl sites for hydroxylation is 1. The maximum Gasteiger partial charge on any atom is 0.140 e. The quantitative estimate of drug-likeness (QED) is 0.603. The van der Waals surface area contributed by atoms with E-state index in [0.717, 1.165) is 42.8 Å². The van der Waals surface area contributed by atoms with E-state index in [1.807, 2.05) is 0 Å². The van der Waals surface area contributed by atoms with Gasteiger partial charge in [-0.25, -0.2) is 9.99 Å². The number of hydrogen-bond acceptors (Lipinski definition) is 3. The van der Waals surface area contributed by atoms with Crippen molar-refractivity contribution in [3.63, 3.8) is 0 Å². The third-order valence-electron chi connectivity index (χ3n) is 6.95. The number of rotatable bonds is 7. The van der Waals surface area contributed by atoms with Gasteiger partial charge in [0.1, 0.15) is 11.5 Å². The van der Waals surface area contributed by atoms with Gasteiger partial charge < -0.3 is 9.99 Å². The molecule has 2 fully saturated rings. The predicted molar refractivity (Wildman–Crippen MR) is 126 cm³/mol. The van der Waals surface area contributed by atoms with Crippen molar-refractivity contribution >= 4 is 5.70 Å². The van der Waals surface area contributed by atoms with Crippen LogP contribution in [0.5, 0.6) is 0 Å². The summed E-state index contributed by atoms with van der Waals surface area (Å²) in [6.07, 6.45) is 12.1. The molecule has 30 heavy (non-hydrogen) atoms. The van der Waals surface area contributed by atoms with Crippen LogP contribution in [0.1, 0.15) is 74.7 Å². The fourth-order valence-corrected chi connectivity index (χ4v) is 5.05. The molecule has 2 heterocycles. The first-order valence-corrected chi connectivity index (χ1v) is 12.0. The van der Waals surface area contributed by atoms with E-state index in [9.17, 15) is 0 Å². The largest absolute Gasteiger partial charge is 0.328 e. The van der Waals surface area contributed by atoms with E-state index in [0.29, 0.717) is 0 Å². The van der Waals surface area contributed by atoms with Crippen molar-refractivity contribution in [3.05, 3.63) is 47.8 Å². The number of hydrazine groups is 1. The summed E-state index contributed by atoms with van der Waals surface area (Å²) in [6, 6.07) is 8.79. The highest BCUT2D eigenvalue weighted by Gasteiger charge is 2.21. The first-order chi connectivity index (χ1) is 14.6. The van der Waals surface area contributed by atoms with Crippen LogP contribution in [0.25, 0.3) is 17.1 Å². The molecule has 4 heteroatoms. The summed E-state index contributed by atoms with van der Waals surface area (Å²) in [5.74, 6) is 1.95. The summed E-state index contributed by atoms with van der Waals surface area (Å²) in [4.78, 5) is 5.11. The molecule has 1 saturated heterocycles. The molecular weight excluding hydrogens is 368 g/mol. The van der Waals surface area contributed by atoms with Crippen LogP contribution in [0, 0.1) is 19.8 Å². The third kappa shape index (κ3) is 4.97. The normalized spacial score (nSPS) is 18.5. The molecule has 1 N–H and O–H groups in total. The molecule has 162 valence electrons. The van der Waals surface area contributed by atoms with E-state index in [2.05, 4.69) is 59.7 Å². The van der Waals surface area contributed by atoms with Crippen LogP contribution in [0.2, 0.25) is 0 Å². The fourth-order valence-electron chi connectivity index (χ4n) is 5.05. The summed E-state index contributed by atoms with van der Waals surface area (Å²) >= 11 is 0. The van der Waals surface area contributed by atoms with Crippen molar-refractivity contribution in [2.24, 2.45) is 5.92 Å². The van der Waals surface area contributed by atoms with Crippen LogP contribution in [-0.4, -0.2) is 27.6 Å². The maximum absolute atomic E-state index is 5.11. The number of aromatic nitrogens is 2. The van der Waals surface area contributed by atoms with Crippen molar-refractivity contribution in [2.45, 2.75) is 78.2 Å². The Morgan fingerprint density at radius 1 is 1.00 bits per heavy atom. The van der Waals surface area contributed by atoms with Crippen molar-refractivity contribution in [2.75, 3.05) is 13.1 Å². The van der Waals surface area contributed by atoms with Crippen LogP contribution >= 0.6 is 0 Å². The van der Waals surface area contributed by atoms with Gasteiger partial charge in [-0.05, 0) is 39.0 Å². The van der Waals surface area contributed by atoms with Gasteiger partial charge in [-0.3, -0.25) is 0 Å². The Hall–Kier alpha value is -2.07. The van der Waals surface area contributed by atoms with Gasteiger partial charge >= 0.3 is 0 Å². The maximum atomic E-state index is 5.11. The molecule has 0 radical (unpaired) electrons. The lowest BCUT2D eigenvalue weighted by Gasteiger charge is -2.28. The molecule has 2 aliphatic rings. The van der Waals surface area contributed by atoms with Gasteiger partial charge in [-0.15, -0.1) is 0 Å². The molecule has 0 spiro atoms. The molecule has 0 amide bonds. The Morgan fingerprint density at radius 3 is 2.37 bits per heavy atom. The summed E-state index contributed by atoms with van der Waals surface area (Å²) in [5.41, 5.74) is 9.20. The zero-order chi connectivity index (χ0) is 20.9. The SMILES string of the molecule is C=C(NN1CCCCC1)c1nc(-c2ccc(C)cc2)n(CCC2CCCCC2)c1C. The Balaban J connectivity index is 1.58. The minimum atomic E-state index is 0.865. The summed E-state index contributed by atoms with van der Waals surface area (Å²) in [6.45, 7) is 11.9. The summed E-state index contributed by atoms with van der Waals surface area (Å²) in [7, 11) is 0. The molecule has 1 aromatic heterocycles. The second-order valence-corrected chi connectivity index (χ2v) is 9.32. The highest BCUT2D eigenvalue weighted by Crippen LogP contribution is 2.30. The molecule has 1 aliphatic carbocycles. The topological polar surface area (TPSA) is 33.1 Å². The van der Waals surface area contributed by atoms with E-state index in [1.54, 1.807) is 0 Å². The second kappa shape index (κ2) is 9.82. The van der Waals surface area contributed by atoms with Crippen LogP contribution in [0.3, 0.4) is 0 Å². The lowest BCUT2D eigenvalue weighted by molar-refractivity contribution is 0.189. The van der Waals surface area contributed by atoms with Crippen molar-refractivity contribution < 1.29 is 0 Å². The Kier molecular flexibility index (Phi) is 6.93. The average Bonchev–Trinajstić information content (AvgIpc) is 3.10. The van der Waals surface area contributed by atoms with Crippen molar-refractivity contribution in [3.8, 4) is 11.4 Å². The van der Waals surface area contributed by atoms with Crippen LogP contribution in [0.15, 0.2) is 30.8 Å². The van der Waals surface area contributed by atoms with Crippen LogP contribution in [-0.2, 0) is 6.54 Å². The Morgan fingerprint density at radius 2 is 1.67 bits per heavy atom. The summed E-state index contributed by atoms with van der Waals surface area (Å²) in [5, 5.41) is 2.30. The lowest BCUT2D eigenvalue weighted by atomic mass is 9.87. The highest BCUT2D eigenvalue weighted by molar-refractivity contribution is 5.66. The van der Waals surface area contributed by atoms with E-state index < -0.39 is 0 Å². The number of piperidine rings is 1. The molecule has 1 saturated carbocycles. The monoisotopic (exact) mass is 406 g/mol. The first kappa shape index (κ1) is 21.2. The van der Waals surface area contributed by atoms with E-state index in [4.69, 9.17) is 4.98 Å². The van der Waals surface area contributed by atoms with Gasteiger partial charge in [0.15, 0.2) is 0 Å². The summed E-state index contributed by atoms with van der Waals surface area (Å²) < 4.78 is 2.44. The van der Waals surface area contributed by atoms with Crippen molar-refractivity contribution in [1.29, 1.82) is 0 Å². The molecular formula is C26H38N4. The Labute approximate surface area is 182 Å². The van der Waals surface area contributed by atoms with Crippen LogP contribution in [0.4, 0.5) is 0 Å². The molecule has 0 atom stereocenters. The average molecular weight is 407 g/mol. The molecule has 0 unspecified atom stereocenters. The molecule has 0 bridgehead atoms. The number of imidazole rings is 1. The van der Waals surface area contributed by atoms with Crippen molar-refractivity contribution in [1.82, 2.24) is 20.0 Å². The molecule has 4 nitrogen and oxygen atoms in total. The Bertz CT molecular complexity index is 837. The standard InChI is InChI=1S/C26H38N4/c1-20-12-14-24(15-13-20)26-27-25(21(2)28-29-17-8-5-9-18-29)22(3)30(26)19-16-23-10-6-4-7-11-23/h12-15,23,28H,2,4-11,16-19H2,1,3H3. The van der Waals surface area contributed by atoms with Gasteiger partial charge in [-0.1, -0.05) is 74.9 Å². The number of nitrogens with zero attached hydrogens (tertiary/aromatic N) is 3. The molecule has 1 aromatic carbocycles. The molecule has 1 aliphatic heterocycles. The third-order valence-corrected chi connectivity index (χ3v) is 6.95. The first-order valence-electron chi connectivity index (χ1n) is 12.0. The van der Waals surface area contributed by atoms with Gasteiger partial charge in [0.2, 0.25) is 0 Å². The molecule has 2 aromatic rings. The minimum absolute atomic E-state index is 0.865. The van der Waals surface area contributed by atoms with E-state index >= 15 is 0 Å². The van der Waals surface area contributed by atoms with Gasteiger partial charge in [0, 0.05) is 30.9 Å². The van der Waals surface area contributed by atoms with E-state index in [1.165, 1.54) is 74.6 Å². The minimum Gasteiger partial charge on any atom is -0.328 e. The number of nitrogens with one attached hydrogen (secondary N) is 1. The number of benzene rings is 1. The smallest absolute Gasteiger partial charge is 0.140 e. The van der Waals surface area contributed by atoms with Crippen LogP contribution < -0.4 is 5.43 Å². The zero-order valence-electron chi connectivity index (χ0n) is 18.9. The highest BCUT2D eigenvalue weighted by atomic mass is 15.5. The fraction of sp³-hybridized carbons (Fsp3) is 0.577. The number of hydrogen-bond donors (Lipinski definition) is 1.